The van der Waals surface area contributed by atoms with Crippen molar-refractivity contribution < 1.29 is 4.92 Å². The molecule has 0 saturated carbocycles. The molecule has 0 aliphatic rings. The molecule has 2 heterocycles. The minimum Gasteiger partial charge on any atom is -0.364 e. The number of hydrogen-bond donors (Lipinski definition) is 2. The van der Waals surface area contributed by atoms with E-state index in [4.69, 9.17) is 0 Å². The number of rotatable bonds is 7. The molecule has 7 heteroatoms. The van der Waals surface area contributed by atoms with Gasteiger partial charge in [-0.25, -0.2) is 4.98 Å². The highest BCUT2D eigenvalue weighted by atomic mass is 16.6. The van der Waals surface area contributed by atoms with Crippen LogP contribution < -0.4 is 10.6 Å². The lowest BCUT2D eigenvalue weighted by molar-refractivity contribution is -0.384. The molecule has 2 aromatic heterocycles. The summed E-state index contributed by atoms with van der Waals surface area (Å²) in [6.07, 6.45) is 2.37. The second-order valence-corrected chi connectivity index (χ2v) is 6.32. The molecule has 0 fully saturated rings. The monoisotopic (exact) mass is 363 g/mol. The Morgan fingerprint density at radius 2 is 1.85 bits per heavy atom. The molecule has 2 N–H and O–H groups in total. The molecule has 0 bridgehead atoms. The van der Waals surface area contributed by atoms with E-state index in [1.54, 1.807) is 12.3 Å². The molecule has 138 valence electrons. The van der Waals surface area contributed by atoms with Gasteiger partial charge in [0.05, 0.1) is 4.92 Å². The van der Waals surface area contributed by atoms with Crippen LogP contribution in [0.15, 0.2) is 54.7 Å². The van der Waals surface area contributed by atoms with Crippen LogP contribution >= 0.6 is 0 Å². The number of nitrogens with zero attached hydrogens (tertiary/aromatic N) is 3. The van der Waals surface area contributed by atoms with Crippen molar-refractivity contribution in [3.63, 3.8) is 0 Å². The number of aromatic nitrogens is 2. The van der Waals surface area contributed by atoms with Gasteiger partial charge in [0.1, 0.15) is 5.82 Å². The van der Waals surface area contributed by atoms with Crippen LogP contribution in [0.3, 0.4) is 0 Å². The maximum atomic E-state index is 11.3. The Labute approximate surface area is 157 Å². The summed E-state index contributed by atoms with van der Waals surface area (Å²) >= 11 is 0. The third kappa shape index (κ3) is 5.01. The summed E-state index contributed by atoms with van der Waals surface area (Å²) in [5.41, 5.74) is 4.02. The standard InChI is InChI=1S/C20H21N5O2/c1-14-11-15(2)13-17(12-14)23-19-7-6-18(25(26)27)20(24-19)22-10-8-16-5-3-4-9-21-16/h3-7,9,11-13H,8,10H2,1-2H3,(H2,22,23,24). The van der Waals surface area contributed by atoms with Crippen LogP contribution in [-0.4, -0.2) is 21.4 Å². The normalized spacial score (nSPS) is 10.4. The molecule has 0 unspecified atom stereocenters. The summed E-state index contributed by atoms with van der Waals surface area (Å²) < 4.78 is 0. The quantitative estimate of drug-likeness (QED) is 0.477. The van der Waals surface area contributed by atoms with Gasteiger partial charge >= 0.3 is 5.69 Å². The Bertz CT molecular complexity index is 924. The van der Waals surface area contributed by atoms with Gasteiger partial charge in [-0.3, -0.25) is 15.1 Å². The van der Waals surface area contributed by atoms with Crippen LogP contribution in [0.5, 0.6) is 0 Å². The second-order valence-electron chi connectivity index (χ2n) is 6.32. The van der Waals surface area contributed by atoms with Crippen LogP contribution in [0.4, 0.5) is 23.0 Å². The minimum absolute atomic E-state index is 0.0537. The number of anilines is 3. The van der Waals surface area contributed by atoms with Crippen LogP contribution in [-0.2, 0) is 6.42 Å². The van der Waals surface area contributed by atoms with Crippen molar-refractivity contribution in [2.75, 3.05) is 17.2 Å². The molecule has 0 aliphatic carbocycles. The largest absolute Gasteiger partial charge is 0.364 e. The fourth-order valence-electron chi connectivity index (χ4n) is 2.85. The van der Waals surface area contributed by atoms with Crippen molar-refractivity contribution in [1.29, 1.82) is 0 Å². The first kappa shape index (κ1) is 18.3. The van der Waals surface area contributed by atoms with Gasteiger partial charge in [0.25, 0.3) is 0 Å². The van der Waals surface area contributed by atoms with Gasteiger partial charge < -0.3 is 10.6 Å². The number of aryl methyl sites for hydroxylation is 2. The summed E-state index contributed by atoms with van der Waals surface area (Å²) in [6.45, 7) is 4.54. The third-order valence-corrected chi connectivity index (χ3v) is 3.96. The van der Waals surface area contributed by atoms with E-state index in [0.717, 1.165) is 22.5 Å². The Hall–Kier alpha value is -3.48. The smallest absolute Gasteiger partial charge is 0.311 e. The van der Waals surface area contributed by atoms with Crippen LogP contribution in [0.25, 0.3) is 0 Å². The summed E-state index contributed by atoms with van der Waals surface area (Å²) in [5.74, 6) is 0.788. The number of benzene rings is 1. The van der Waals surface area contributed by atoms with Gasteiger partial charge in [-0.1, -0.05) is 12.1 Å². The van der Waals surface area contributed by atoms with Crippen molar-refractivity contribution in [1.82, 2.24) is 9.97 Å². The average molecular weight is 363 g/mol. The molecule has 1 aromatic carbocycles. The maximum Gasteiger partial charge on any atom is 0.311 e. The fourth-order valence-corrected chi connectivity index (χ4v) is 2.85. The van der Waals surface area contributed by atoms with Crippen molar-refractivity contribution in [2.45, 2.75) is 20.3 Å². The van der Waals surface area contributed by atoms with Gasteiger partial charge in [-0.15, -0.1) is 0 Å². The van der Waals surface area contributed by atoms with Crippen molar-refractivity contribution in [2.24, 2.45) is 0 Å². The minimum atomic E-state index is -0.434. The molecule has 0 amide bonds. The van der Waals surface area contributed by atoms with Crippen LogP contribution in [0.1, 0.15) is 16.8 Å². The number of nitro groups is 1. The van der Waals surface area contributed by atoms with E-state index in [1.807, 2.05) is 44.2 Å². The first-order valence-corrected chi connectivity index (χ1v) is 8.66. The van der Waals surface area contributed by atoms with Gasteiger partial charge in [-0.05, 0) is 55.3 Å². The van der Waals surface area contributed by atoms with Gasteiger partial charge in [-0.2, -0.15) is 0 Å². The van der Waals surface area contributed by atoms with E-state index < -0.39 is 4.92 Å². The molecule has 3 rings (SSSR count). The number of nitrogens with one attached hydrogen (secondary N) is 2. The predicted molar refractivity (Wildman–Crippen MR) is 107 cm³/mol. The molecule has 3 aromatic rings. The van der Waals surface area contributed by atoms with Crippen LogP contribution in [0, 0.1) is 24.0 Å². The maximum absolute atomic E-state index is 11.3. The van der Waals surface area contributed by atoms with Crippen molar-refractivity contribution >= 4 is 23.0 Å². The number of pyridine rings is 2. The second kappa shape index (κ2) is 8.27. The molecule has 0 radical (unpaired) electrons. The van der Waals surface area contributed by atoms with E-state index in [1.165, 1.54) is 6.07 Å². The van der Waals surface area contributed by atoms with E-state index >= 15 is 0 Å². The molecular formula is C20H21N5O2. The van der Waals surface area contributed by atoms with Gasteiger partial charge in [0.2, 0.25) is 5.82 Å². The molecule has 0 saturated heterocycles. The van der Waals surface area contributed by atoms with Gasteiger partial charge in [0, 0.05) is 36.6 Å². The molecule has 0 spiro atoms. The van der Waals surface area contributed by atoms with E-state index in [2.05, 4.69) is 26.7 Å². The fraction of sp³-hybridized carbons (Fsp3) is 0.200. The Morgan fingerprint density at radius 1 is 1.07 bits per heavy atom. The van der Waals surface area contributed by atoms with Crippen molar-refractivity contribution in [3.8, 4) is 0 Å². The molecular weight excluding hydrogens is 342 g/mol. The average Bonchev–Trinajstić information content (AvgIpc) is 2.62. The first-order chi connectivity index (χ1) is 13.0. The highest BCUT2D eigenvalue weighted by molar-refractivity contribution is 5.65. The lowest BCUT2D eigenvalue weighted by Crippen LogP contribution is -2.10. The highest BCUT2D eigenvalue weighted by Crippen LogP contribution is 2.26. The Morgan fingerprint density at radius 3 is 2.52 bits per heavy atom. The zero-order chi connectivity index (χ0) is 19.2. The summed E-state index contributed by atoms with van der Waals surface area (Å²) in [4.78, 5) is 19.5. The first-order valence-electron chi connectivity index (χ1n) is 8.66. The zero-order valence-electron chi connectivity index (χ0n) is 15.3. The SMILES string of the molecule is Cc1cc(C)cc(Nc2ccc([N+](=O)[O-])c(NCCc3ccccn3)n2)c1. The lowest BCUT2D eigenvalue weighted by atomic mass is 10.1. The van der Waals surface area contributed by atoms with E-state index in [-0.39, 0.29) is 11.5 Å². The Kier molecular flexibility index (Phi) is 5.61. The summed E-state index contributed by atoms with van der Waals surface area (Å²) in [5, 5.41) is 17.6. The number of hydrogen-bond acceptors (Lipinski definition) is 6. The zero-order valence-corrected chi connectivity index (χ0v) is 15.3. The lowest BCUT2D eigenvalue weighted by Gasteiger charge is -2.11. The van der Waals surface area contributed by atoms with E-state index in [9.17, 15) is 10.1 Å². The van der Waals surface area contributed by atoms with Crippen molar-refractivity contribution in [3.05, 3.63) is 81.7 Å². The van der Waals surface area contributed by atoms with E-state index in [0.29, 0.717) is 18.8 Å². The van der Waals surface area contributed by atoms with Crippen LogP contribution in [0.2, 0.25) is 0 Å². The molecule has 27 heavy (non-hydrogen) atoms. The Balaban J connectivity index is 1.76. The molecule has 7 nitrogen and oxygen atoms in total. The molecule has 0 atom stereocenters. The third-order valence-electron chi connectivity index (χ3n) is 3.96. The highest BCUT2D eigenvalue weighted by Gasteiger charge is 2.16. The molecule has 0 aliphatic heterocycles. The summed E-state index contributed by atoms with van der Waals surface area (Å²) in [6, 6.07) is 14.8. The summed E-state index contributed by atoms with van der Waals surface area (Å²) in [7, 11) is 0. The topological polar surface area (TPSA) is 93.0 Å². The predicted octanol–water partition coefficient (Wildman–Crippen LogP) is 4.40. The van der Waals surface area contributed by atoms with Gasteiger partial charge in [0.15, 0.2) is 0 Å².